The van der Waals surface area contributed by atoms with Crippen molar-refractivity contribution in [1.82, 2.24) is 4.73 Å². The quantitative estimate of drug-likeness (QED) is 0.601. The van der Waals surface area contributed by atoms with Gasteiger partial charge in [-0.1, -0.05) is 6.08 Å². The van der Waals surface area contributed by atoms with Gasteiger partial charge in [0.25, 0.3) is 0 Å². The van der Waals surface area contributed by atoms with Gasteiger partial charge in [0.15, 0.2) is 3.95 Å². The molecule has 4 heteroatoms. The fourth-order valence-corrected chi connectivity index (χ4v) is 3.24. The van der Waals surface area contributed by atoms with Crippen molar-refractivity contribution in [3.63, 3.8) is 0 Å². The van der Waals surface area contributed by atoms with Gasteiger partial charge < -0.3 is 4.84 Å². The van der Waals surface area contributed by atoms with Gasteiger partial charge in [-0.3, -0.25) is 0 Å². The van der Waals surface area contributed by atoms with E-state index in [4.69, 9.17) is 17.1 Å². The molecule has 0 bridgehead atoms. The molecule has 2 nitrogen and oxygen atoms in total. The van der Waals surface area contributed by atoms with Crippen LogP contribution in [-0.4, -0.2) is 10.8 Å². The largest absolute Gasteiger partial charge is 0.408 e. The number of rotatable bonds is 4. The molecular weight excluding hydrogens is 238 g/mol. The van der Waals surface area contributed by atoms with Crippen LogP contribution in [0.1, 0.15) is 31.4 Å². The molecule has 0 aliphatic heterocycles. The normalized spacial score (nSPS) is 24.6. The highest BCUT2D eigenvalue weighted by Gasteiger charge is 2.28. The summed E-state index contributed by atoms with van der Waals surface area (Å²) in [6.45, 7) is 5.84. The van der Waals surface area contributed by atoms with E-state index in [0.717, 1.165) is 22.5 Å². The lowest BCUT2D eigenvalue weighted by Gasteiger charge is -2.20. The Balaban J connectivity index is 2.09. The Kier molecular flexibility index (Phi) is 3.82. The van der Waals surface area contributed by atoms with Crippen molar-refractivity contribution in [1.29, 1.82) is 0 Å². The van der Waals surface area contributed by atoms with E-state index in [1.165, 1.54) is 12.8 Å². The summed E-state index contributed by atoms with van der Waals surface area (Å²) in [6, 6.07) is 0. The molecule has 1 heterocycles. The summed E-state index contributed by atoms with van der Waals surface area (Å²) in [6.07, 6.45) is 6.97. The molecule has 1 aromatic rings. The minimum Gasteiger partial charge on any atom is -0.408 e. The summed E-state index contributed by atoms with van der Waals surface area (Å²) in [4.78, 5) is 6.02. The number of allylic oxidation sites excluding steroid dienone is 1. The highest BCUT2D eigenvalue weighted by molar-refractivity contribution is 7.73. The lowest BCUT2D eigenvalue weighted by molar-refractivity contribution is 0.0110. The third kappa shape index (κ3) is 2.38. The Labute approximate surface area is 106 Å². The zero-order valence-electron chi connectivity index (χ0n) is 9.52. The molecule has 2 atom stereocenters. The third-order valence-corrected chi connectivity index (χ3v) is 4.40. The molecule has 1 aliphatic carbocycles. The Morgan fingerprint density at radius 2 is 2.50 bits per heavy atom. The summed E-state index contributed by atoms with van der Waals surface area (Å²) in [5.41, 5.74) is 1.10. The van der Waals surface area contributed by atoms with Crippen LogP contribution in [0.5, 0.6) is 0 Å². The van der Waals surface area contributed by atoms with Crippen LogP contribution in [0.3, 0.4) is 0 Å². The molecule has 1 fully saturated rings. The number of hydrogen-bond acceptors (Lipinski definition) is 3. The minimum absolute atomic E-state index is 0.304. The van der Waals surface area contributed by atoms with Gasteiger partial charge in [0.1, 0.15) is 6.10 Å². The molecule has 0 saturated heterocycles. The molecule has 2 rings (SSSR count). The zero-order chi connectivity index (χ0) is 11.5. The smallest absolute Gasteiger partial charge is 0.196 e. The second-order valence-electron chi connectivity index (χ2n) is 4.30. The molecule has 0 spiro atoms. The van der Waals surface area contributed by atoms with E-state index in [1.54, 1.807) is 11.3 Å². The fourth-order valence-electron chi connectivity index (χ4n) is 2.26. The van der Waals surface area contributed by atoms with Gasteiger partial charge in [-0.2, -0.15) is 4.73 Å². The number of hydrogen-bond donors (Lipinski definition) is 0. The van der Waals surface area contributed by atoms with Crippen LogP contribution in [-0.2, 0) is 0 Å². The van der Waals surface area contributed by atoms with Crippen molar-refractivity contribution in [2.45, 2.75) is 38.7 Å². The first-order valence-electron chi connectivity index (χ1n) is 5.67. The molecule has 1 saturated carbocycles. The van der Waals surface area contributed by atoms with Crippen LogP contribution < -0.4 is 4.84 Å². The van der Waals surface area contributed by atoms with Gasteiger partial charge in [0, 0.05) is 11.3 Å². The molecule has 1 aromatic heterocycles. The molecular formula is C12H17NOS2. The summed E-state index contributed by atoms with van der Waals surface area (Å²) >= 11 is 6.81. The first kappa shape index (κ1) is 11.9. The summed E-state index contributed by atoms with van der Waals surface area (Å²) in [5.74, 6) is 0.610. The number of aromatic nitrogens is 1. The molecule has 0 unspecified atom stereocenters. The van der Waals surface area contributed by atoms with Gasteiger partial charge >= 0.3 is 0 Å². The molecule has 16 heavy (non-hydrogen) atoms. The van der Waals surface area contributed by atoms with Crippen LogP contribution in [0.4, 0.5) is 0 Å². The first-order chi connectivity index (χ1) is 7.72. The second kappa shape index (κ2) is 5.15. The monoisotopic (exact) mass is 255 g/mol. The van der Waals surface area contributed by atoms with Crippen LogP contribution >= 0.6 is 23.6 Å². The van der Waals surface area contributed by atoms with Gasteiger partial charge in [-0.05, 0) is 44.8 Å². The molecule has 0 radical (unpaired) electrons. The van der Waals surface area contributed by atoms with Crippen molar-refractivity contribution in [3.05, 3.63) is 27.7 Å². The van der Waals surface area contributed by atoms with E-state index in [-0.39, 0.29) is 0 Å². The van der Waals surface area contributed by atoms with Crippen molar-refractivity contribution < 1.29 is 4.84 Å². The van der Waals surface area contributed by atoms with Crippen molar-refractivity contribution in [2.75, 3.05) is 0 Å². The third-order valence-electron chi connectivity index (χ3n) is 3.12. The van der Waals surface area contributed by atoms with Gasteiger partial charge in [-0.15, -0.1) is 17.9 Å². The molecule has 0 N–H and O–H groups in total. The summed E-state index contributed by atoms with van der Waals surface area (Å²) in [5, 5.41) is 2.04. The number of aryl methyl sites for hydroxylation is 1. The van der Waals surface area contributed by atoms with E-state index in [1.807, 2.05) is 23.1 Å². The average Bonchev–Trinajstić information content (AvgIpc) is 2.81. The van der Waals surface area contributed by atoms with Crippen molar-refractivity contribution in [3.8, 4) is 0 Å². The number of nitrogens with zero attached hydrogens (tertiary/aromatic N) is 1. The SMILES string of the molecule is C=CC[C@H]1CCC[C@H]1On1c(C)csc1=S. The summed E-state index contributed by atoms with van der Waals surface area (Å²) in [7, 11) is 0. The maximum Gasteiger partial charge on any atom is 0.196 e. The topological polar surface area (TPSA) is 14.2 Å². The molecule has 0 aromatic carbocycles. The lowest BCUT2D eigenvalue weighted by Crippen LogP contribution is -2.29. The molecule has 88 valence electrons. The maximum absolute atomic E-state index is 6.02. The van der Waals surface area contributed by atoms with E-state index >= 15 is 0 Å². The summed E-state index contributed by atoms with van der Waals surface area (Å²) < 4.78 is 2.62. The van der Waals surface area contributed by atoms with E-state index in [9.17, 15) is 0 Å². The van der Waals surface area contributed by atoms with Crippen LogP contribution in [0.25, 0.3) is 0 Å². The first-order valence-corrected chi connectivity index (χ1v) is 6.96. The van der Waals surface area contributed by atoms with Gasteiger partial charge in [0.2, 0.25) is 0 Å². The predicted octanol–water partition coefficient (Wildman–Crippen LogP) is 3.76. The van der Waals surface area contributed by atoms with Gasteiger partial charge in [-0.25, -0.2) is 0 Å². The molecule has 1 aliphatic rings. The zero-order valence-corrected chi connectivity index (χ0v) is 11.1. The second-order valence-corrected chi connectivity index (χ2v) is 5.80. The van der Waals surface area contributed by atoms with Crippen molar-refractivity contribution >= 4 is 23.6 Å². The van der Waals surface area contributed by atoms with E-state index < -0.39 is 0 Å². The standard InChI is InChI=1S/C12H17NOS2/c1-3-5-10-6-4-7-11(10)14-13-9(2)8-16-12(13)15/h3,8,10-11H,1,4-7H2,2H3/t10-,11+/m0/s1. The Bertz CT molecular complexity index is 421. The highest BCUT2D eigenvalue weighted by Crippen LogP contribution is 2.30. The fraction of sp³-hybridized carbons (Fsp3) is 0.583. The minimum atomic E-state index is 0.304. The van der Waals surface area contributed by atoms with Crippen molar-refractivity contribution in [2.24, 2.45) is 5.92 Å². The lowest BCUT2D eigenvalue weighted by atomic mass is 10.0. The predicted molar refractivity (Wildman–Crippen MR) is 70.4 cm³/mol. The average molecular weight is 255 g/mol. The maximum atomic E-state index is 6.02. The van der Waals surface area contributed by atoms with E-state index in [2.05, 4.69) is 6.58 Å². The van der Waals surface area contributed by atoms with Crippen LogP contribution in [0.2, 0.25) is 0 Å². The molecule has 0 amide bonds. The Hall–Kier alpha value is -0.610. The Morgan fingerprint density at radius 1 is 1.69 bits per heavy atom. The number of thiazole rings is 1. The Morgan fingerprint density at radius 3 is 3.12 bits per heavy atom. The van der Waals surface area contributed by atoms with Crippen LogP contribution in [0, 0.1) is 16.8 Å². The van der Waals surface area contributed by atoms with E-state index in [0.29, 0.717) is 12.0 Å². The highest BCUT2D eigenvalue weighted by atomic mass is 32.1. The van der Waals surface area contributed by atoms with Gasteiger partial charge in [0.05, 0.1) is 5.69 Å². The van der Waals surface area contributed by atoms with Crippen LogP contribution in [0.15, 0.2) is 18.0 Å².